The highest BCUT2D eigenvalue weighted by Crippen LogP contribution is 2.31. The average Bonchev–Trinajstić information content (AvgIpc) is 3.09. The summed E-state index contributed by atoms with van der Waals surface area (Å²) >= 11 is 0. The van der Waals surface area contributed by atoms with Gasteiger partial charge >= 0.3 is 0 Å². The maximum absolute atomic E-state index is 12.8. The lowest BCUT2D eigenvalue weighted by Crippen LogP contribution is -2.28. The van der Waals surface area contributed by atoms with Crippen molar-refractivity contribution in [2.45, 2.75) is 13.3 Å². The van der Waals surface area contributed by atoms with Crippen LogP contribution in [0.5, 0.6) is 11.5 Å². The van der Waals surface area contributed by atoms with Crippen LogP contribution in [-0.4, -0.2) is 38.5 Å². The second kappa shape index (κ2) is 8.64. The topological polar surface area (TPSA) is 97.0 Å². The van der Waals surface area contributed by atoms with E-state index >= 15 is 0 Å². The number of benzene rings is 2. The van der Waals surface area contributed by atoms with Crippen molar-refractivity contribution in [1.82, 2.24) is 0 Å². The molecule has 0 spiro atoms. The predicted octanol–water partition coefficient (Wildman–Crippen LogP) is 2.65. The van der Waals surface area contributed by atoms with Gasteiger partial charge in [-0.2, -0.15) is 0 Å². The number of rotatable bonds is 6. The van der Waals surface area contributed by atoms with E-state index in [1.807, 2.05) is 0 Å². The Labute approximate surface area is 168 Å². The summed E-state index contributed by atoms with van der Waals surface area (Å²) in [6, 6.07) is 12.1. The third-order valence-corrected chi connectivity index (χ3v) is 4.64. The van der Waals surface area contributed by atoms with E-state index in [1.165, 1.54) is 21.1 Å². The van der Waals surface area contributed by atoms with E-state index in [-0.39, 0.29) is 30.7 Å². The van der Waals surface area contributed by atoms with Gasteiger partial charge in [0.15, 0.2) is 0 Å². The van der Waals surface area contributed by atoms with Crippen LogP contribution in [0.4, 0.5) is 17.1 Å². The molecule has 1 saturated heterocycles. The number of hydrogen-bond donors (Lipinski definition) is 2. The summed E-state index contributed by atoms with van der Waals surface area (Å²) < 4.78 is 10.5. The van der Waals surface area contributed by atoms with E-state index in [9.17, 15) is 14.4 Å². The van der Waals surface area contributed by atoms with Crippen molar-refractivity contribution in [2.75, 3.05) is 36.3 Å². The molecule has 0 aliphatic carbocycles. The van der Waals surface area contributed by atoms with Crippen LogP contribution in [0.3, 0.4) is 0 Å². The molecule has 3 rings (SSSR count). The third-order valence-electron chi connectivity index (χ3n) is 4.64. The minimum Gasteiger partial charge on any atom is -0.497 e. The molecule has 0 bridgehead atoms. The summed E-state index contributed by atoms with van der Waals surface area (Å²) in [4.78, 5) is 38.1. The van der Waals surface area contributed by atoms with Crippen molar-refractivity contribution in [3.63, 3.8) is 0 Å². The van der Waals surface area contributed by atoms with Gasteiger partial charge in [0.1, 0.15) is 11.5 Å². The Morgan fingerprint density at radius 3 is 2.55 bits per heavy atom. The van der Waals surface area contributed by atoms with Crippen LogP contribution in [0, 0.1) is 5.92 Å². The van der Waals surface area contributed by atoms with Gasteiger partial charge in [-0.3, -0.25) is 14.4 Å². The first kappa shape index (κ1) is 20.2. The van der Waals surface area contributed by atoms with Gasteiger partial charge in [0.2, 0.25) is 17.7 Å². The largest absolute Gasteiger partial charge is 0.497 e. The Morgan fingerprint density at radius 2 is 1.86 bits per heavy atom. The fraction of sp³-hybridized carbons (Fsp3) is 0.286. The number of ether oxygens (including phenoxy) is 2. The maximum Gasteiger partial charge on any atom is 0.229 e. The number of nitrogens with zero attached hydrogens (tertiary/aromatic N) is 1. The van der Waals surface area contributed by atoms with Gasteiger partial charge in [0.05, 0.1) is 25.8 Å². The van der Waals surface area contributed by atoms with Crippen molar-refractivity contribution in [1.29, 1.82) is 0 Å². The van der Waals surface area contributed by atoms with Crippen LogP contribution in [0.1, 0.15) is 13.3 Å². The molecule has 0 unspecified atom stereocenters. The van der Waals surface area contributed by atoms with E-state index in [2.05, 4.69) is 10.6 Å². The normalized spacial score (nSPS) is 15.8. The Kier molecular flexibility index (Phi) is 6.01. The number of amides is 3. The first-order valence-electron chi connectivity index (χ1n) is 9.12. The Bertz CT molecular complexity index is 944. The lowest BCUT2D eigenvalue weighted by atomic mass is 10.1. The molecule has 1 fully saturated rings. The zero-order valence-corrected chi connectivity index (χ0v) is 16.5. The Hall–Kier alpha value is -3.55. The van der Waals surface area contributed by atoms with E-state index in [1.54, 1.807) is 47.4 Å². The van der Waals surface area contributed by atoms with Gasteiger partial charge in [-0.1, -0.05) is 6.07 Å². The second-order valence-electron chi connectivity index (χ2n) is 6.69. The number of carbonyl (C=O) groups excluding carboxylic acids is 3. The molecule has 2 N–H and O–H groups in total. The summed E-state index contributed by atoms with van der Waals surface area (Å²) in [5.74, 6) is -0.0429. The molecular formula is C21H23N3O5. The summed E-state index contributed by atoms with van der Waals surface area (Å²) in [7, 11) is 3.05. The van der Waals surface area contributed by atoms with Gasteiger partial charge in [-0.25, -0.2) is 0 Å². The molecule has 29 heavy (non-hydrogen) atoms. The molecular weight excluding hydrogens is 374 g/mol. The number of methoxy groups -OCH3 is 2. The van der Waals surface area contributed by atoms with Gasteiger partial charge in [-0.15, -0.1) is 0 Å². The molecule has 2 aromatic rings. The third kappa shape index (κ3) is 4.66. The van der Waals surface area contributed by atoms with Crippen LogP contribution in [0.25, 0.3) is 0 Å². The molecule has 3 amide bonds. The Balaban J connectivity index is 1.73. The molecule has 1 heterocycles. The predicted molar refractivity (Wildman–Crippen MR) is 109 cm³/mol. The number of hydrogen-bond acceptors (Lipinski definition) is 5. The quantitative estimate of drug-likeness (QED) is 0.781. The summed E-state index contributed by atoms with van der Waals surface area (Å²) in [6.45, 7) is 1.67. The highest BCUT2D eigenvalue weighted by molar-refractivity contribution is 6.04. The first-order chi connectivity index (χ1) is 13.9. The van der Waals surface area contributed by atoms with Crippen molar-refractivity contribution < 1.29 is 23.9 Å². The minimum atomic E-state index is -0.511. The molecule has 2 aromatic carbocycles. The molecule has 1 aliphatic heterocycles. The molecule has 0 radical (unpaired) electrons. The molecule has 152 valence electrons. The first-order valence-corrected chi connectivity index (χ1v) is 9.12. The average molecular weight is 397 g/mol. The van der Waals surface area contributed by atoms with Crippen LogP contribution >= 0.6 is 0 Å². The van der Waals surface area contributed by atoms with Crippen molar-refractivity contribution in [3.8, 4) is 11.5 Å². The lowest BCUT2D eigenvalue weighted by molar-refractivity contribution is -0.122. The number of nitrogens with one attached hydrogen (secondary N) is 2. The van der Waals surface area contributed by atoms with E-state index in [0.29, 0.717) is 28.6 Å². The molecule has 8 heteroatoms. The zero-order chi connectivity index (χ0) is 21.0. The van der Waals surface area contributed by atoms with Crippen LogP contribution in [-0.2, 0) is 14.4 Å². The molecule has 0 aromatic heterocycles. The molecule has 8 nitrogen and oxygen atoms in total. The number of anilines is 3. The summed E-state index contributed by atoms with van der Waals surface area (Å²) in [6.07, 6.45) is 0.0997. The van der Waals surface area contributed by atoms with E-state index in [0.717, 1.165) is 0 Å². The fourth-order valence-corrected chi connectivity index (χ4v) is 3.23. The van der Waals surface area contributed by atoms with Crippen LogP contribution < -0.4 is 25.0 Å². The van der Waals surface area contributed by atoms with E-state index < -0.39 is 5.92 Å². The molecule has 1 aliphatic rings. The Morgan fingerprint density at radius 1 is 1.07 bits per heavy atom. The fourth-order valence-electron chi connectivity index (χ4n) is 3.23. The maximum atomic E-state index is 12.8. The minimum absolute atomic E-state index is 0.0997. The smallest absolute Gasteiger partial charge is 0.229 e. The molecule has 1 atom stereocenters. The summed E-state index contributed by atoms with van der Waals surface area (Å²) in [5.41, 5.74) is 1.71. The van der Waals surface area contributed by atoms with Gasteiger partial charge in [0, 0.05) is 37.3 Å². The van der Waals surface area contributed by atoms with Gasteiger partial charge in [0.25, 0.3) is 0 Å². The monoisotopic (exact) mass is 397 g/mol. The van der Waals surface area contributed by atoms with Crippen LogP contribution in [0.2, 0.25) is 0 Å². The van der Waals surface area contributed by atoms with Gasteiger partial charge in [-0.05, 0) is 30.3 Å². The van der Waals surface area contributed by atoms with Crippen molar-refractivity contribution >= 4 is 34.8 Å². The molecule has 0 saturated carbocycles. The summed E-state index contributed by atoms with van der Waals surface area (Å²) in [5, 5.41) is 5.52. The number of carbonyl (C=O) groups is 3. The zero-order valence-electron chi connectivity index (χ0n) is 16.5. The van der Waals surface area contributed by atoms with E-state index in [4.69, 9.17) is 9.47 Å². The van der Waals surface area contributed by atoms with Gasteiger partial charge < -0.3 is 25.0 Å². The van der Waals surface area contributed by atoms with Crippen LogP contribution in [0.15, 0.2) is 42.5 Å². The second-order valence-corrected chi connectivity index (χ2v) is 6.69. The lowest BCUT2D eigenvalue weighted by Gasteiger charge is -2.18. The highest BCUT2D eigenvalue weighted by Gasteiger charge is 2.35. The standard InChI is InChI=1S/C21H23N3O5/c1-13(25)22-15-5-4-6-16(10-15)24-12-14(9-20(24)26)21(27)23-18-11-17(28-2)7-8-19(18)29-3/h4-8,10-11,14H,9,12H2,1-3H3,(H,22,25)(H,23,27)/t14-/m0/s1. The van der Waals surface area contributed by atoms with Crippen molar-refractivity contribution in [2.24, 2.45) is 5.92 Å². The SMILES string of the molecule is COc1ccc(OC)c(NC(=O)[C@H]2CC(=O)N(c3cccc(NC(C)=O)c3)C2)c1. The highest BCUT2D eigenvalue weighted by atomic mass is 16.5. The van der Waals surface area contributed by atoms with Crippen molar-refractivity contribution in [3.05, 3.63) is 42.5 Å².